The molecule has 2 rings (SSSR count). The van der Waals surface area contributed by atoms with Crippen LogP contribution in [0.15, 0.2) is 12.4 Å². The van der Waals surface area contributed by atoms with Crippen molar-refractivity contribution in [3.8, 4) is 0 Å². The smallest absolute Gasteiger partial charge is 0.129 e. The minimum atomic E-state index is 0.329. The Morgan fingerprint density at radius 1 is 1.35 bits per heavy atom. The second-order valence-corrected chi connectivity index (χ2v) is 5.02. The molecule has 0 spiro atoms. The molecule has 1 N–H and O–H groups in total. The predicted octanol–water partition coefficient (Wildman–Crippen LogP) is 2.27. The van der Waals surface area contributed by atoms with Crippen molar-refractivity contribution in [2.24, 2.45) is 5.41 Å². The van der Waals surface area contributed by atoms with Crippen LogP contribution in [0, 0.1) is 5.41 Å². The molecule has 1 aromatic heterocycles. The van der Waals surface area contributed by atoms with Gasteiger partial charge in [0.1, 0.15) is 12.1 Å². The maximum atomic E-state index is 5.40. The van der Waals surface area contributed by atoms with Gasteiger partial charge in [-0.25, -0.2) is 9.97 Å². The highest BCUT2D eigenvalue weighted by Crippen LogP contribution is 2.29. The molecule has 4 heteroatoms. The van der Waals surface area contributed by atoms with Gasteiger partial charge in [0, 0.05) is 31.5 Å². The fourth-order valence-corrected chi connectivity index (χ4v) is 2.03. The van der Waals surface area contributed by atoms with Crippen LogP contribution in [-0.2, 0) is 11.2 Å². The molecule has 2 heterocycles. The third kappa shape index (κ3) is 3.40. The number of hydrogen-bond donors (Lipinski definition) is 1. The third-order valence-corrected chi connectivity index (χ3v) is 3.48. The van der Waals surface area contributed by atoms with Crippen LogP contribution in [0.3, 0.4) is 0 Å². The van der Waals surface area contributed by atoms with E-state index in [9.17, 15) is 0 Å². The van der Waals surface area contributed by atoms with E-state index in [1.807, 2.05) is 6.07 Å². The Labute approximate surface area is 103 Å². The Morgan fingerprint density at radius 3 is 2.82 bits per heavy atom. The fourth-order valence-electron chi connectivity index (χ4n) is 2.03. The molecule has 1 aliphatic heterocycles. The van der Waals surface area contributed by atoms with Gasteiger partial charge in [-0.1, -0.05) is 13.8 Å². The lowest BCUT2D eigenvalue weighted by molar-refractivity contribution is 0.0300. The number of hydrogen-bond acceptors (Lipinski definition) is 4. The summed E-state index contributed by atoms with van der Waals surface area (Å²) >= 11 is 0. The molecule has 1 saturated heterocycles. The minimum absolute atomic E-state index is 0.329. The number of rotatable bonds is 4. The van der Waals surface area contributed by atoms with Crippen LogP contribution in [0.1, 0.15) is 32.4 Å². The molecule has 0 saturated carbocycles. The summed E-state index contributed by atoms with van der Waals surface area (Å²) in [7, 11) is 0. The van der Waals surface area contributed by atoms with Crippen LogP contribution < -0.4 is 5.32 Å². The Bertz CT molecular complexity index is 361. The summed E-state index contributed by atoms with van der Waals surface area (Å²) in [4.78, 5) is 8.45. The molecule has 0 bridgehead atoms. The van der Waals surface area contributed by atoms with Crippen molar-refractivity contribution < 1.29 is 4.74 Å². The Morgan fingerprint density at radius 2 is 2.12 bits per heavy atom. The molecule has 0 atom stereocenters. The normalized spacial score (nSPS) is 18.9. The number of aryl methyl sites for hydroxylation is 1. The quantitative estimate of drug-likeness (QED) is 0.869. The van der Waals surface area contributed by atoms with Gasteiger partial charge in [0.25, 0.3) is 0 Å². The number of ether oxygens (including phenoxy) is 1. The molecule has 0 amide bonds. The summed E-state index contributed by atoms with van der Waals surface area (Å²) in [5.74, 6) is 0.935. The summed E-state index contributed by atoms with van der Waals surface area (Å²) in [5, 5.41) is 3.42. The minimum Gasteiger partial charge on any atom is -0.381 e. The molecule has 1 aliphatic rings. The van der Waals surface area contributed by atoms with Crippen LogP contribution in [0.2, 0.25) is 0 Å². The zero-order chi connectivity index (χ0) is 12.1. The Balaban J connectivity index is 1.92. The van der Waals surface area contributed by atoms with E-state index in [2.05, 4.69) is 29.1 Å². The first-order valence-corrected chi connectivity index (χ1v) is 6.34. The van der Waals surface area contributed by atoms with Crippen molar-refractivity contribution in [2.75, 3.05) is 25.1 Å². The average molecular weight is 235 g/mol. The zero-order valence-electron chi connectivity index (χ0n) is 10.7. The van der Waals surface area contributed by atoms with Gasteiger partial charge in [-0.2, -0.15) is 0 Å². The van der Waals surface area contributed by atoms with Crippen LogP contribution in [0.4, 0.5) is 5.82 Å². The highest BCUT2D eigenvalue weighted by atomic mass is 16.5. The summed E-state index contributed by atoms with van der Waals surface area (Å²) in [6.45, 7) is 7.12. The summed E-state index contributed by atoms with van der Waals surface area (Å²) in [6.07, 6.45) is 4.81. The van der Waals surface area contributed by atoms with Gasteiger partial charge < -0.3 is 10.1 Å². The van der Waals surface area contributed by atoms with E-state index in [4.69, 9.17) is 4.74 Å². The first kappa shape index (κ1) is 12.3. The van der Waals surface area contributed by atoms with Crippen LogP contribution in [-0.4, -0.2) is 29.7 Å². The average Bonchev–Trinajstić information content (AvgIpc) is 2.38. The molecule has 17 heavy (non-hydrogen) atoms. The van der Waals surface area contributed by atoms with Crippen molar-refractivity contribution in [1.82, 2.24) is 9.97 Å². The number of aromatic nitrogens is 2. The Hall–Kier alpha value is -1.16. The molecule has 0 aromatic carbocycles. The van der Waals surface area contributed by atoms with E-state index in [-0.39, 0.29) is 0 Å². The molecule has 1 fully saturated rings. The monoisotopic (exact) mass is 235 g/mol. The van der Waals surface area contributed by atoms with E-state index < -0.39 is 0 Å². The van der Waals surface area contributed by atoms with E-state index in [1.165, 1.54) is 0 Å². The number of nitrogens with one attached hydrogen (secondary N) is 1. The van der Waals surface area contributed by atoms with Gasteiger partial charge >= 0.3 is 0 Å². The highest BCUT2D eigenvalue weighted by Gasteiger charge is 2.27. The first-order chi connectivity index (χ1) is 8.22. The van der Waals surface area contributed by atoms with E-state index in [1.54, 1.807) is 6.33 Å². The third-order valence-electron chi connectivity index (χ3n) is 3.48. The van der Waals surface area contributed by atoms with Gasteiger partial charge in [-0.05, 0) is 24.7 Å². The lowest BCUT2D eigenvalue weighted by atomic mass is 9.82. The summed E-state index contributed by atoms with van der Waals surface area (Å²) in [5.41, 5.74) is 1.41. The van der Waals surface area contributed by atoms with E-state index >= 15 is 0 Å². The molecule has 0 unspecified atom stereocenters. The van der Waals surface area contributed by atoms with Gasteiger partial charge in [0.2, 0.25) is 0 Å². The van der Waals surface area contributed by atoms with E-state index in [0.717, 1.165) is 50.5 Å². The standard InChI is InChI=1S/C13H21N3O/c1-3-11-8-12(16-10-15-11)14-9-13(2)4-6-17-7-5-13/h8,10H,3-7,9H2,1-2H3,(H,14,15,16). The van der Waals surface area contributed by atoms with Crippen LogP contribution in [0.25, 0.3) is 0 Å². The number of anilines is 1. The maximum Gasteiger partial charge on any atom is 0.129 e. The van der Waals surface area contributed by atoms with Crippen molar-refractivity contribution in [2.45, 2.75) is 33.1 Å². The lowest BCUT2D eigenvalue weighted by Gasteiger charge is -2.33. The van der Waals surface area contributed by atoms with Crippen molar-refractivity contribution >= 4 is 5.82 Å². The summed E-state index contributed by atoms with van der Waals surface area (Å²) < 4.78 is 5.40. The van der Waals surface area contributed by atoms with Gasteiger partial charge in [-0.3, -0.25) is 0 Å². The SMILES string of the molecule is CCc1cc(NCC2(C)CCOCC2)ncn1. The molecular formula is C13H21N3O. The van der Waals surface area contributed by atoms with Crippen molar-refractivity contribution in [3.63, 3.8) is 0 Å². The summed E-state index contributed by atoms with van der Waals surface area (Å²) in [6, 6.07) is 2.03. The van der Waals surface area contributed by atoms with Gasteiger partial charge in [-0.15, -0.1) is 0 Å². The van der Waals surface area contributed by atoms with Crippen molar-refractivity contribution in [1.29, 1.82) is 0 Å². The largest absolute Gasteiger partial charge is 0.381 e. The second kappa shape index (κ2) is 5.45. The van der Waals surface area contributed by atoms with Crippen LogP contribution >= 0.6 is 0 Å². The Kier molecular flexibility index (Phi) is 3.94. The van der Waals surface area contributed by atoms with Gasteiger partial charge in [0.05, 0.1) is 0 Å². The molecule has 94 valence electrons. The van der Waals surface area contributed by atoms with Gasteiger partial charge in [0.15, 0.2) is 0 Å². The first-order valence-electron chi connectivity index (χ1n) is 6.34. The van der Waals surface area contributed by atoms with E-state index in [0.29, 0.717) is 5.41 Å². The second-order valence-electron chi connectivity index (χ2n) is 5.02. The van der Waals surface area contributed by atoms with Crippen LogP contribution in [0.5, 0.6) is 0 Å². The maximum absolute atomic E-state index is 5.40. The molecule has 0 radical (unpaired) electrons. The topological polar surface area (TPSA) is 47.0 Å². The molecule has 1 aromatic rings. The molecule has 0 aliphatic carbocycles. The molecule has 4 nitrogen and oxygen atoms in total. The predicted molar refractivity (Wildman–Crippen MR) is 68.1 cm³/mol. The number of nitrogens with zero attached hydrogens (tertiary/aromatic N) is 2. The fraction of sp³-hybridized carbons (Fsp3) is 0.692. The molecular weight excluding hydrogens is 214 g/mol. The highest BCUT2D eigenvalue weighted by molar-refractivity contribution is 5.35. The lowest BCUT2D eigenvalue weighted by Crippen LogP contribution is -2.33. The zero-order valence-corrected chi connectivity index (χ0v) is 10.7. The van der Waals surface area contributed by atoms with Crippen molar-refractivity contribution in [3.05, 3.63) is 18.1 Å².